The van der Waals surface area contributed by atoms with Crippen molar-refractivity contribution in [1.82, 2.24) is 0 Å². The van der Waals surface area contributed by atoms with Crippen LogP contribution in [0.15, 0.2) is 24.3 Å². The summed E-state index contributed by atoms with van der Waals surface area (Å²) in [5.41, 5.74) is -0.809. The Balaban J connectivity index is 2.11. The molecule has 2 nitrogen and oxygen atoms in total. The topological polar surface area (TPSA) is 34.1 Å². The first-order valence-corrected chi connectivity index (χ1v) is 6.61. The summed E-state index contributed by atoms with van der Waals surface area (Å²) in [7, 11) is 0. The Morgan fingerprint density at radius 3 is 2.65 bits per heavy atom. The molecule has 1 aromatic rings. The van der Waals surface area contributed by atoms with E-state index in [0.717, 1.165) is 25.0 Å². The van der Waals surface area contributed by atoms with E-state index in [1.54, 1.807) is 0 Å². The second-order valence-corrected chi connectivity index (χ2v) is 5.11. The lowest BCUT2D eigenvalue weighted by molar-refractivity contribution is -0.137. The minimum absolute atomic E-state index is 0.0140. The number of Topliss-reactive ketones (excluding diaryl/α,β-unsaturated/α-hetero) is 2. The van der Waals surface area contributed by atoms with Crippen LogP contribution in [0, 0.1) is 5.92 Å². The summed E-state index contributed by atoms with van der Waals surface area (Å²) in [5, 5.41) is 0. The second kappa shape index (κ2) is 5.77. The molecule has 1 fully saturated rings. The summed E-state index contributed by atoms with van der Waals surface area (Å²) in [5.74, 6) is -0.668. The largest absolute Gasteiger partial charge is 0.416 e. The van der Waals surface area contributed by atoms with E-state index in [1.807, 2.05) is 0 Å². The quantitative estimate of drug-likeness (QED) is 0.785. The molecule has 5 heteroatoms. The van der Waals surface area contributed by atoms with Gasteiger partial charge in [-0.05, 0) is 25.0 Å². The highest BCUT2D eigenvalue weighted by molar-refractivity contribution is 5.99. The lowest BCUT2D eigenvalue weighted by Crippen LogP contribution is -2.22. The highest BCUT2D eigenvalue weighted by Crippen LogP contribution is 2.30. The predicted octanol–water partition coefficient (Wildman–Crippen LogP) is 4.04. The molecule has 0 aliphatic heterocycles. The van der Waals surface area contributed by atoms with Gasteiger partial charge in [0.1, 0.15) is 5.78 Å². The second-order valence-electron chi connectivity index (χ2n) is 5.11. The highest BCUT2D eigenvalue weighted by atomic mass is 19.4. The van der Waals surface area contributed by atoms with Gasteiger partial charge in [0.25, 0.3) is 0 Å². The van der Waals surface area contributed by atoms with Gasteiger partial charge >= 0.3 is 6.18 Å². The van der Waals surface area contributed by atoms with Crippen LogP contribution >= 0.6 is 0 Å². The molecule has 2 rings (SSSR count). The lowest BCUT2D eigenvalue weighted by Gasteiger charge is -2.19. The molecule has 108 valence electrons. The average Bonchev–Trinajstić information content (AvgIpc) is 2.40. The number of hydrogen-bond donors (Lipinski definition) is 0. The SMILES string of the molecule is O=C(CC1CCCCC1=O)c1cccc(C(F)(F)F)c1. The summed E-state index contributed by atoms with van der Waals surface area (Å²) >= 11 is 0. The van der Waals surface area contributed by atoms with Crippen molar-refractivity contribution in [3.63, 3.8) is 0 Å². The van der Waals surface area contributed by atoms with Crippen molar-refractivity contribution in [3.8, 4) is 0 Å². The molecule has 1 aliphatic rings. The summed E-state index contributed by atoms with van der Waals surface area (Å²) in [6, 6.07) is 4.38. The predicted molar refractivity (Wildman–Crippen MR) is 67.4 cm³/mol. The molecule has 0 heterocycles. The molecule has 1 unspecified atom stereocenters. The molecule has 0 amide bonds. The maximum absolute atomic E-state index is 12.6. The van der Waals surface area contributed by atoms with Crippen LogP contribution in [0.2, 0.25) is 0 Å². The maximum atomic E-state index is 12.6. The van der Waals surface area contributed by atoms with Crippen molar-refractivity contribution < 1.29 is 22.8 Å². The van der Waals surface area contributed by atoms with Gasteiger partial charge in [0, 0.05) is 24.3 Å². The van der Waals surface area contributed by atoms with Crippen LogP contribution in [0.5, 0.6) is 0 Å². The van der Waals surface area contributed by atoms with E-state index >= 15 is 0 Å². The average molecular weight is 284 g/mol. The van der Waals surface area contributed by atoms with E-state index in [0.29, 0.717) is 12.8 Å². The third kappa shape index (κ3) is 3.46. The minimum atomic E-state index is -4.46. The van der Waals surface area contributed by atoms with Gasteiger partial charge in [0.15, 0.2) is 5.78 Å². The number of carbonyl (C=O) groups is 2. The van der Waals surface area contributed by atoms with Gasteiger partial charge in [-0.1, -0.05) is 18.6 Å². The van der Waals surface area contributed by atoms with Crippen LogP contribution in [0.4, 0.5) is 13.2 Å². The molecule has 1 aliphatic carbocycles. The summed E-state index contributed by atoms with van der Waals surface area (Å²) in [6.07, 6.45) is -1.58. The van der Waals surface area contributed by atoms with Crippen LogP contribution in [0.25, 0.3) is 0 Å². The van der Waals surface area contributed by atoms with Gasteiger partial charge in [0.05, 0.1) is 5.56 Å². The Kier molecular flexibility index (Phi) is 4.26. The number of hydrogen-bond acceptors (Lipinski definition) is 2. The Morgan fingerprint density at radius 1 is 1.25 bits per heavy atom. The summed E-state index contributed by atoms with van der Waals surface area (Å²) < 4.78 is 37.8. The number of benzene rings is 1. The summed E-state index contributed by atoms with van der Waals surface area (Å²) in [6.45, 7) is 0. The molecule has 1 saturated carbocycles. The Morgan fingerprint density at radius 2 is 2.00 bits per heavy atom. The van der Waals surface area contributed by atoms with Crippen LogP contribution in [0.1, 0.15) is 48.0 Å². The maximum Gasteiger partial charge on any atom is 0.416 e. The van der Waals surface area contributed by atoms with Gasteiger partial charge in [-0.15, -0.1) is 0 Å². The van der Waals surface area contributed by atoms with Gasteiger partial charge in [-0.2, -0.15) is 13.2 Å². The molecule has 1 atom stereocenters. The van der Waals surface area contributed by atoms with E-state index < -0.39 is 17.5 Å². The minimum Gasteiger partial charge on any atom is -0.299 e. The summed E-state index contributed by atoms with van der Waals surface area (Å²) in [4.78, 5) is 23.7. The molecule has 20 heavy (non-hydrogen) atoms. The van der Waals surface area contributed by atoms with E-state index in [9.17, 15) is 22.8 Å². The molecule has 0 spiro atoms. The Bertz CT molecular complexity index is 520. The Labute approximate surface area is 115 Å². The molecule has 0 N–H and O–H groups in total. The van der Waals surface area contributed by atoms with Gasteiger partial charge in [0.2, 0.25) is 0 Å². The first kappa shape index (κ1) is 14.8. The van der Waals surface area contributed by atoms with Gasteiger partial charge in [-0.25, -0.2) is 0 Å². The van der Waals surface area contributed by atoms with Gasteiger partial charge < -0.3 is 0 Å². The van der Waals surface area contributed by atoms with E-state index in [1.165, 1.54) is 12.1 Å². The van der Waals surface area contributed by atoms with Crippen LogP contribution in [0.3, 0.4) is 0 Å². The number of alkyl halides is 3. The third-order valence-corrected chi connectivity index (χ3v) is 3.62. The van der Waals surface area contributed by atoms with Crippen LogP contribution in [-0.2, 0) is 11.0 Å². The molecule has 0 aromatic heterocycles. The molecular formula is C15H15F3O2. The van der Waals surface area contributed by atoms with E-state index in [2.05, 4.69) is 0 Å². The first-order valence-electron chi connectivity index (χ1n) is 6.61. The van der Waals surface area contributed by atoms with Crippen LogP contribution < -0.4 is 0 Å². The lowest BCUT2D eigenvalue weighted by atomic mass is 9.83. The number of rotatable bonds is 3. The highest BCUT2D eigenvalue weighted by Gasteiger charge is 2.31. The van der Waals surface area contributed by atoms with Crippen molar-refractivity contribution in [2.24, 2.45) is 5.92 Å². The van der Waals surface area contributed by atoms with Gasteiger partial charge in [-0.3, -0.25) is 9.59 Å². The smallest absolute Gasteiger partial charge is 0.299 e. The van der Waals surface area contributed by atoms with E-state index in [4.69, 9.17) is 0 Å². The Hall–Kier alpha value is -1.65. The van der Waals surface area contributed by atoms with Crippen molar-refractivity contribution in [3.05, 3.63) is 35.4 Å². The molecule has 1 aromatic carbocycles. The number of halogens is 3. The molecular weight excluding hydrogens is 269 g/mol. The zero-order valence-electron chi connectivity index (χ0n) is 10.9. The number of carbonyl (C=O) groups excluding carboxylic acids is 2. The van der Waals surface area contributed by atoms with Crippen molar-refractivity contribution >= 4 is 11.6 Å². The fourth-order valence-electron chi connectivity index (χ4n) is 2.48. The monoisotopic (exact) mass is 284 g/mol. The zero-order valence-corrected chi connectivity index (χ0v) is 10.9. The first-order chi connectivity index (χ1) is 9.38. The van der Waals surface area contributed by atoms with Crippen molar-refractivity contribution in [2.45, 2.75) is 38.3 Å². The fourth-order valence-corrected chi connectivity index (χ4v) is 2.48. The molecule has 0 bridgehead atoms. The standard InChI is InChI=1S/C15H15F3O2/c16-15(17,18)12-6-3-5-10(8-12)14(20)9-11-4-1-2-7-13(11)19/h3,5-6,8,11H,1-2,4,7,9H2. The third-order valence-electron chi connectivity index (χ3n) is 3.62. The fraction of sp³-hybridized carbons (Fsp3) is 0.467. The number of ketones is 2. The zero-order chi connectivity index (χ0) is 14.8. The molecule has 0 radical (unpaired) electrons. The van der Waals surface area contributed by atoms with Crippen molar-refractivity contribution in [1.29, 1.82) is 0 Å². The molecule has 0 saturated heterocycles. The normalized spacial score (nSPS) is 19.9. The van der Waals surface area contributed by atoms with Crippen molar-refractivity contribution in [2.75, 3.05) is 0 Å². The van der Waals surface area contributed by atoms with E-state index in [-0.39, 0.29) is 23.7 Å². The van der Waals surface area contributed by atoms with Crippen LogP contribution in [-0.4, -0.2) is 11.6 Å².